The van der Waals surface area contributed by atoms with Gasteiger partial charge in [0, 0.05) is 25.7 Å². The number of sulfonamides is 1. The van der Waals surface area contributed by atoms with Crippen molar-refractivity contribution in [3.05, 3.63) is 65.5 Å². The lowest BCUT2D eigenvalue weighted by molar-refractivity contribution is -0.136. The lowest BCUT2D eigenvalue weighted by atomic mass is 9.98. The maximum absolute atomic E-state index is 13.0. The molecule has 3 aromatic rings. The first-order chi connectivity index (χ1) is 15.4. The van der Waals surface area contributed by atoms with Gasteiger partial charge < -0.3 is 9.42 Å². The molecular weight excluding hydrogens is 452 g/mol. The third-order valence-electron chi connectivity index (χ3n) is 5.45. The van der Waals surface area contributed by atoms with Crippen LogP contribution in [0.15, 0.2) is 64.0 Å². The molecule has 0 bridgehead atoms. The average Bonchev–Trinajstić information content (AvgIpc) is 3.27. The molecule has 10 heteroatoms. The van der Waals surface area contributed by atoms with Gasteiger partial charge in [-0.25, -0.2) is 8.42 Å². The first-order valence-electron chi connectivity index (χ1n) is 10.2. The summed E-state index contributed by atoms with van der Waals surface area (Å²) >= 11 is 6.18. The lowest BCUT2D eigenvalue weighted by Gasteiger charge is -2.33. The van der Waals surface area contributed by atoms with Gasteiger partial charge in [-0.1, -0.05) is 47.1 Å². The fourth-order valence-electron chi connectivity index (χ4n) is 3.77. The summed E-state index contributed by atoms with van der Waals surface area (Å²) < 4.78 is 32.6. The molecule has 0 unspecified atom stereocenters. The van der Waals surface area contributed by atoms with E-state index in [1.807, 2.05) is 12.1 Å². The molecule has 8 nitrogen and oxygen atoms in total. The van der Waals surface area contributed by atoms with Gasteiger partial charge in [0.2, 0.25) is 27.6 Å². The molecule has 1 atom stereocenters. The number of amides is 1. The zero-order valence-electron chi connectivity index (χ0n) is 17.5. The molecule has 168 valence electrons. The van der Waals surface area contributed by atoms with E-state index < -0.39 is 15.9 Å². The van der Waals surface area contributed by atoms with Crippen molar-refractivity contribution in [2.45, 2.75) is 24.3 Å². The Balaban J connectivity index is 1.42. The van der Waals surface area contributed by atoms with Gasteiger partial charge in [-0.3, -0.25) is 4.79 Å². The van der Waals surface area contributed by atoms with Crippen molar-refractivity contribution in [3.63, 3.8) is 0 Å². The summed E-state index contributed by atoms with van der Waals surface area (Å²) in [7, 11) is -1.99. The van der Waals surface area contributed by atoms with Gasteiger partial charge >= 0.3 is 0 Å². The minimum absolute atomic E-state index is 0.123. The van der Waals surface area contributed by atoms with Gasteiger partial charge in [0.15, 0.2) is 0 Å². The highest BCUT2D eigenvalue weighted by atomic mass is 35.5. The van der Waals surface area contributed by atoms with Crippen molar-refractivity contribution in [3.8, 4) is 11.4 Å². The number of hydrogen-bond acceptors (Lipinski definition) is 6. The zero-order chi connectivity index (χ0) is 22.7. The van der Waals surface area contributed by atoms with Crippen molar-refractivity contribution in [1.29, 1.82) is 0 Å². The van der Waals surface area contributed by atoms with Crippen LogP contribution in [0.5, 0.6) is 0 Å². The van der Waals surface area contributed by atoms with Crippen molar-refractivity contribution in [1.82, 2.24) is 19.3 Å². The Hall–Kier alpha value is -2.75. The van der Waals surface area contributed by atoms with E-state index >= 15 is 0 Å². The molecule has 2 aromatic carbocycles. The van der Waals surface area contributed by atoms with E-state index in [1.54, 1.807) is 49.5 Å². The largest absolute Gasteiger partial charge is 0.337 e. The van der Waals surface area contributed by atoms with Gasteiger partial charge in [-0.05, 0) is 37.1 Å². The van der Waals surface area contributed by atoms with Crippen molar-refractivity contribution >= 4 is 27.5 Å². The molecule has 1 saturated heterocycles. The van der Waals surface area contributed by atoms with E-state index in [1.165, 1.54) is 9.21 Å². The molecule has 1 fully saturated rings. The van der Waals surface area contributed by atoms with Gasteiger partial charge in [0.1, 0.15) is 0 Å². The van der Waals surface area contributed by atoms with Crippen molar-refractivity contribution in [2.75, 3.05) is 20.1 Å². The van der Waals surface area contributed by atoms with Crippen LogP contribution in [-0.2, 0) is 21.4 Å². The van der Waals surface area contributed by atoms with Gasteiger partial charge in [-0.2, -0.15) is 9.29 Å². The normalized spacial score (nSPS) is 17.2. The number of piperidine rings is 1. The molecule has 1 aliphatic rings. The SMILES string of the molecule is CN(Cc1nc(-c2ccccc2Cl)no1)C(=O)[C@@H]1CCCN(S(=O)(=O)c2ccccc2)C1. The third-order valence-corrected chi connectivity index (χ3v) is 7.65. The number of carbonyl (C=O) groups excluding carboxylic acids is 1. The summed E-state index contributed by atoms with van der Waals surface area (Å²) in [6.45, 7) is 0.670. The molecule has 1 aromatic heterocycles. The molecule has 1 aliphatic heterocycles. The number of rotatable bonds is 6. The second-order valence-electron chi connectivity index (χ2n) is 7.70. The maximum Gasteiger partial charge on any atom is 0.246 e. The van der Waals surface area contributed by atoms with Crippen LogP contribution >= 0.6 is 11.6 Å². The minimum atomic E-state index is -3.64. The number of carbonyl (C=O) groups is 1. The quantitative estimate of drug-likeness (QED) is 0.542. The van der Waals surface area contributed by atoms with Crippen LogP contribution in [0.4, 0.5) is 0 Å². The van der Waals surface area contributed by atoms with Gasteiger partial charge in [-0.15, -0.1) is 0 Å². The van der Waals surface area contributed by atoms with Crippen LogP contribution in [0.2, 0.25) is 5.02 Å². The summed E-state index contributed by atoms with van der Waals surface area (Å²) in [5.41, 5.74) is 0.646. The predicted octanol–water partition coefficient (Wildman–Crippen LogP) is 3.45. The monoisotopic (exact) mass is 474 g/mol. The van der Waals surface area contributed by atoms with E-state index in [9.17, 15) is 13.2 Å². The molecule has 1 amide bonds. The molecule has 32 heavy (non-hydrogen) atoms. The zero-order valence-corrected chi connectivity index (χ0v) is 19.1. The first kappa shape index (κ1) is 22.4. The summed E-state index contributed by atoms with van der Waals surface area (Å²) in [5.74, 6) is 0.0400. The van der Waals surface area contributed by atoms with Gasteiger partial charge in [0.25, 0.3) is 0 Å². The number of hydrogen-bond donors (Lipinski definition) is 0. The lowest BCUT2D eigenvalue weighted by Crippen LogP contribution is -2.45. The second kappa shape index (κ2) is 9.40. The van der Waals surface area contributed by atoms with Gasteiger partial charge in [0.05, 0.1) is 22.4 Å². The van der Waals surface area contributed by atoms with Crippen LogP contribution in [0.25, 0.3) is 11.4 Å². The second-order valence-corrected chi connectivity index (χ2v) is 10.0. The Morgan fingerprint density at radius 1 is 1.19 bits per heavy atom. The van der Waals surface area contributed by atoms with E-state index in [0.717, 1.165) is 0 Å². The number of benzene rings is 2. The predicted molar refractivity (Wildman–Crippen MR) is 119 cm³/mol. The minimum Gasteiger partial charge on any atom is -0.337 e. The molecule has 0 N–H and O–H groups in total. The molecule has 4 rings (SSSR count). The van der Waals surface area contributed by atoms with E-state index in [4.69, 9.17) is 16.1 Å². The van der Waals surface area contributed by atoms with E-state index in [-0.39, 0.29) is 29.8 Å². The van der Waals surface area contributed by atoms with E-state index in [0.29, 0.717) is 35.8 Å². The standard InChI is InChI=1S/C22H23ClN4O4S/c1-26(15-20-24-21(25-31-20)18-11-5-6-12-19(18)23)22(28)16-8-7-13-27(14-16)32(29,30)17-9-3-2-4-10-17/h2-6,9-12,16H,7-8,13-15H2,1H3/t16-/m1/s1. The maximum atomic E-state index is 13.0. The number of nitrogens with zero attached hydrogens (tertiary/aromatic N) is 4. The Kier molecular flexibility index (Phi) is 6.59. The molecule has 0 spiro atoms. The van der Waals surface area contributed by atoms with Crippen LogP contribution in [0.3, 0.4) is 0 Å². The fourth-order valence-corrected chi connectivity index (χ4v) is 5.53. The third kappa shape index (κ3) is 4.69. The summed E-state index contributed by atoms with van der Waals surface area (Å²) in [6, 6.07) is 15.4. The highest BCUT2D eigenvalue weighted by Crippen LogP contribution is 2.27. The summed E-state index contributed by atoms with van der Waals surface area (Å²) in [4.78, 5) is 19.1. The Bertz CT molecular complexity index is 1200. The Labute approximate surface area is 191 Å². The fraction of sp³-hybridized carbons (Fsp3) is 0.318. The highest BCUT2D eigenvalue weighted by Gasteiger charge is 2.34. The van der Waals surface area contributed by atoms with E-state index in [2.05, 4.69) is 10.1 Å². The van der Waals surface area contributed by atoms with Crippen LogP contribution in [0.1, 0.15) is 18.7 Å². The van der Waals surface area contributed by atoms with Crippen LogP contribution < -0.4 is 0 Å². The Morgan fingerprint density at radius 3 is 2.66 bits per heavy atom. The topological polar surface area (TPSA) is 96.6 Å². The smallest absolute Gasteiger partial charge is 0.246 e. The molecule has 0 radical (unpaired) electrons. The average molecular weight is 475 g/mol. The number of aromatic nitrogens is 2. The molecule has 2 heterocycles. The molecule has 0 saturated carbocycles. The van der Waals surface area contributed by atoms with Crippen LogP contribution in [-0.4, -0.2) is 53.8 Å². The highest BCUT2D eigenvalue weighted by molar-refractivity contribution is 7.89. The van der Waals surface area contributed by atoms with Crippen molar-refractivity contribution in [2.24, 2.45) is 5.92 Å². The van der Waals surface area contributed by atoms with Crippen LogP contribution in [0, 0.1) is 5.92 Å². The summed E-state index contributed by atoms with van der Waals surface area (Å²) in [6.07, 6.45) is 1.24. The number of halogens is 1. The first-order valence-corrected chi connectivity index (χ1v) is 12.1. The molecule has 0 aliphatic carbocycles. The summed E-state index contributed by atoms with van der Waals surface area (Å²) in [5, 5.41) is 4.46. The Morgan fingerprint density at radius 2 is 1.91 bits per heavy atom. The molecular formula is C22H23ClN4O4S. The van der Waals surface area contributed by atoms with Crippen molar-refractivity contribution < 1.29 is 17.7 Å².